The maximum Gasteiger partial charge on any atom is 0.251 e. The number of amides is 3. The van der Waals surface area contributed by atoms with Crippen LogP contribution in [0.25, 0.3) is 10.9 Å². The number of ketones is 1. The van der Waals surface area contributed by atoms with E-state index in [0.717, 1.165) is 19.5 Å². The van der Waals surface area contributed by atoms with E-state index in [0.29, 0.717) is 34.5 Å². The van der Waals surface area contributed by atoms with Gasteiger partial charge in [0.15, 0.2) is 5.78 Å². The first kappa shape index (κ1) is 30.6. The minimum absolute atomic E-state index is 0.0839. The molecule has 228 valence electrons. The first-order valence-corrected chi connectivity index (χ1v) is 14.6. The molecule has 2 aliphatic rings. The molecule has 3 amide bonds. The number of carbonyl (C=O) groups excluding carboxylic acids is 4. The van der Waals surface area contributed by atoms with Crippen LogP contribution >= 0.6 is 11.6 Å². The van der Waals surface area contributed by atoms with E-state index in [1.807, 2.05) is 7.05 Å². The van der Waals surface area contributed by atoms with Crippen molar-refractivity contribution >= 4 is 46.0 Å². The SMILES string of the molecule is CC(=O)c1cn(CC(=O)N2C[C@H](F)C[C@H]2C(=O)NCc2cccc(Cl)c2F)c2cc(C(=O)NCC3CCN(C)C3)ccc12. The van der Waals surface area contributed by atoms with E-state index in [-0.39, 0.29) is 48.3 Å². The average Bonchev–Trinajstić information content (AvgIpc) is 3.68. The Balaban J connectivity index is 1.32. The molecule has 3 heterocycles. The molecule has 1 unspecified atom stereocenters. The number of fused-ring (bicyclic) bond motifs is 1. The van der Waals surface area contributed by atoms with Gasteiger partial charge >= 0.3 is 0 Å². The van der Waals surface area contributed by atoms with Gasteiger partial charge in [-0.1, -0.05) is 29.8 Å². The third-order valence-corrected chi connectivity index (χ3v) is 8.52. The highest BCUT2D eigenvalue weighted by Crippen LogP contribution is 2.26. The third-order valence-electron chi connectivity index (χ3n) is 8.23. The van der Waals surface area contributed by atoms with Crippen molar-refractivity contribution in [3.05, 3.63) is 70.1 Å². The number of rotatable bonds is 9. The highest BCUT2D eigenvalue weighted by atomic mass is 35.5. The molecule has 2 saturated heterocycles. The molecule has 2 N–H and O–H groups in total. The van der Waals surface area contributed by atoms with Gasteiger partial charge in [-0.2, -0.15) is 0 Å². The second-order valence-corrected chi connectivity index (χ2v) is 11.8. The van der Waals surface area contributed by atoms with Gasteiger partial charge in [-0.3, -0.25) is 19.2 Å². The number of nitrogens with one attached hydrogen (secondary N) is 2. The van der Waals surface area contributed by atoms with E-state index < -0.39 is 29.8 Å². The van der Waals surface area contributed by atoms with E-state index in [2.05, 4.69) is 15.5 Å². The largest absolute Gasteiger partial charge is 0.352 e. The van der Waals surface area contributed by atoms with E-state index >= 15 is 0 Å². The monoisotopic (exact) mass is 613 g/mol. The molecule has 3 atom stereocenters. The van der Waals surface area contributed by atoms with Crippen molar-refractivity contribution in [2.75, 3.05) is 33.2 Å². The Hall–Kier alpha value is -3.83. The second-order valence-electron chi connectivity index (χ2n) is 11.4. The Labute approximate surface area is 253 Å². The minimum Gasteiger partial charge on any atom is -0.352 e. The first-order chi connectivity index (χ1) is 20.5. The first-order valence-electron chi connectivity index (χ1n) is 14.3. The summed E-state index contributed by atoms with van der Waals surface area (Å²) in [5.74, 6) is -1.89. The number of carbonyl (C=O) groups is 4. The summed E-state index contributed by atoms with van der Waals surface area (Å²) in [7, 11) is 2.05. The Kier molecular flexibility index (Phi) is 9.12. The zero-order valence-electron chi connectivity index (χ0n) is 24.0. The van der Waals surface area contributed by atoms with Gasteiger partial charge in [0, 0.05) is 54.3 Å². The zero-order valence-corrected chi connectivity index (χ0v) is 24.8. The predicted octanol–water partition coefficient (Wildman–Crippen LogP) is 3.57. The molecule has 0 spiro atoms. The molecular formula is C31H34ClF2N5O4. The van der Waals surface area contributed by atoms with E-state index in [1.54, 1.807) is 35.0 Å². The second kappa shape index (κ2) is 12.8. The lowest BCUT2D eigenvalue weighted by molar-refractivity contribution is -0.139. The van der Waals surface area contributed by atoms with Gasteiger partial charge in [-0.05, 0) is 51.1 Å². The van der Waals surface area contributed by atoms with E-state index in [1.165, 1.54) is 24.0 Å². The van der Waals surface area contributed by atoms with Gasteiger partial charge in [0.1, 0.15) is 24.6 Å². The molecule has 43 heavy (non-hydrogen) atoms. The molecule has 9 nitrogen and oxygen atoms in total. The smallest absolute Gasteiger partial charge is 0.251 e. The molecule has 2 fully saturated rings. The quantitative estimate of drug-likeness (QED) is 0.359. The number of likely N-dealkylation sites (tertiary alicyclic amines) is 2. The third kappa shape index (κ3) is 6.73. The van der Waals surface area contributed by atoms with Gasteiger partial charge in [-0.15, -0.1) is 0 Å². The summed E-state index contributed by atoms with van der Waals surface area (Å²) in [5, 5.41) is 6.06. The lowest BCUT2D eigenvalue weighted by Crippen LogP contribution is -2.46. The van der Waals surface area contributed by atoms with Crippen LogP contribution in [0.4, 0.5) is 8.78 Å². The van der Waals surface area contributed by atoms with Gasteiger partial charge in [-0.25, -0.2) is 8.78 Å². The number of aromatic nitrogens is 1. The maximum absolute atomic E-state index is 14.5. The number of halogens is 3. The highest BCUT2D eigenvalue weighted by Gasteiger charge is 2.40. The summed E-state index contributed by atoms with van der Waals surface area (Å²) in [6.45, 7) is 3.15. The Morgan fingerprint density at radius 2 is 1.88 bits per heavy atom. The van der Waals surface area contributed by atoms with Gasteiger partial charge < -0.3 is 25.0 Å². The molecule has 0 radical (unpaired) electrons. The molecule has 1 aromatic heterocycles. The summed E-state index contributed by atoms with van der Waals surface area (Å²) in [5.41, 5.74) is 1.43. The standard InChI is InChI=1S/C31H34ClF2N5O4/c1-18(40)24-16-38(26-10-20(6-7-23(24)26)30(42)35-12-19-8-9-37(2)14-19)17-28(41)39-15-22(33)11-27(39)31(43)36-13-21-4-3-5-25(32)29(21)34/h3-7,10,16,19,22,27H,8-9,11-15,17H2,1-2H3,(H,35,42)(H,36,43)/t19?,22-,27+/m1/s1. The molecule has 0 saturated carbocycles. The lowest BCUT2D eigenvalue weighted by atomic mass is 10.1. The summed E-state index contributed by atoms with van der Waals surface area (Å²) >= 11 is 5.82. The minimum atomic E-state index is -1.41. The van der Waals surface area contributed by atoms with Gasteiger partial charge in [0.05, 0.1) is 17.1 Å². The molecule has 2 aromatic carbocycles. The lowest BCUT2D eigenvalue weighted by Gasteiger charge is -2.24. The zero-order chi connectivity index (χ0) is 30.8. The van der Waals surface area contributed by atoms with Crippen LogP contribution in [0.15, 0.2) is 42.6 Å². The summed E-state index contributed by atoms with van der Waals surface area (Å²) in [4.78, 5) is 55.2. The Bertz CT molecular complexity index is 1580. The molecule has 3 aromatic rings. The Morgan fingerprint density at radius 3 is 2.60 bits per heavy atom. The highest BCUT2D eigenvalue weighted by molar-refractivity contribution is 6.30. The van der Waals surface area contributed by atoms with Crippen LogP contribution in [0, 0.1) is 11.7 Å². The van der Waals surface area contributed by atoms with Crippen molar-refractivity contribution in [2.24, 2.45) is 5.92 Å². The average molecular weight is 614 g/mol. The fraction of sp³-hybridized carbons (Fsp3) is 0.419. The van der Waals surface area contributed by atoms with Crippen molar-refractivity contribution < 1.29 is 28.0 Å². The van der Waals surface area contributed by atoms with E-state index in [9.17, 15) is 28.0 Å². The number of Topliss-reactive ketones (excluding diaryl/α,β-unsaturated/α-hetero) is 1. The topological polar surface area (TPSA) is 104 Å². The van der Waals surface area contributed by atoms with Crippen LogP contribution in [-0.2, 0) is 22.7 Å². The molecule has 12 heteroatoms. The fourth-order valence-corrected chi connectivity index (χ4v) is 6.10. The van der Waals surface area contributed by atoms with Crippen molar-refractivity contribution in [2.45, 2.75) is 45.1 Å². The fourth-order valence-electron chi connectivity index (χ4n) is 5.91. The molecule has 2 aliphatic heterocycles. The van der Waals surface area contributed by atoms with Crippen molar-refractivity contribution in [3.8, 4) is 0 Å². The number of hydrogen-bond donors (Lipinski definition) is 2. The van der Waals surface area contributed by atoms with Gasteiger partial charge in [0.25, 0.3) is 5.91 Å². The van der Waals surface area contributed by atoms with Crippen molar-refractivity contribution in [1.29, 1.82) is 0 Å². The van der Waals surface area contributed by atoms with Crippen LogP contribution in [0.5, 0.6) is 0 Å². The van der Waals surface area contributed by atoms with Crippen molar-refractivity contribution in [3.63, 3.8) is 0 Å². The number of nitrogens with zero attached hydrogens (tertiary/aromatic N) is 3. The van der Waals surface area contributed by atoms with Gasteiger partial charge in [0.2, 0.25) is 11.8 Å². The normalized spacial score (nSPS) is 20.5. The van der Waals surface area contributed by atoms with Crippen LogP contribution in [0.1, 0.15) is 46.0 Å². The van der Waals surface area contributed by atoms with Crippen molar-refractivity contribution in [1.82, 2.24) is 25.0 Å². The molecular weight excluding hydrogens is 580 g/mol. The molecule has 0 bridgehead atoms. The van der Waals surface area contributed by atoms with Crippen LogP contribution in [0.2, 0.25) is 5.02 Å². The van der Waals surface area contributed by atoms with Crippen LogP contribution in [0.3, 0.4) is 0 Å². The predicted molar refractivity (Wildman–Crippen MR) is 158 cm³/mol. The summed E-state index contributed by atoms with van der Waals surface area (Å²) in [6.07, 6.45) is 0.949. The number of hydrogen-bond acceptors (Lipinski definition) is 5. The maximum atomic E-state index is 14.5. The molecule has 0 aliphatic carbocycles. The summed E-state index contributed by atoms with van der Waals surface area (Å²) < 4.78 is 30.3. The van der Waals surface area contributed by atoms with Crippen LogP contribution < -0.4 is 10.6 Å². The number of benzene rings is 2. The summed E-state index contributed by atoms with van der Waals surface area (Å²) in [6, 6.07) is 8.30. The molecule has 5 rings (SSSR count). The van der Waals surface area contributed by atoms with Crippen LogP contribution in [-0.4, -0.2) is 83.3 Å². The van der Waals surface area contributed by atoms with E-state index in [4.69, 9.17) is 11.6 Å². The number of alkyl halides is 1. The Morgan fingerprint density at radius 1 is 1.09 bits per heavy atom.